The van der Waals surface area contributed by atoms with E-state index in [9.17, 15) is 4.79 Å². The van der Waals surface area contributed by atoms with E-state index in [2.05, 4.69) is 5.32 Å². The van der Waals surface area contributed by atoms with Crippen molar-refractivity contribution in [3.05, 3.63) is 63.1 Å². The molecule has 0 saturated carbocycles. The third-order valence-corrected chi connectivity index (χ3v) is 3.78. The van der Waals surface area contributed by atoms with Gasteiger partial charge in [0.1, 0.15) is 0 Å². The molecule has 0 aliphatic heterocycles. The number of nitrogens with one attached hydrogen (secondary N) is 1. The van der Waals surface area contributed by atoms with Crippen molar-refractivity contribution in [1.29, 1.82) is 0 Å². The van der Waals surface area contributed by atoms with Crippen LogP contribution in [0.2, 0.25) is 10.0 Å². The van der Waals surface area contributed by atoms with Gasteiger partial charge in [-0.3, -0.25) is 4.79 Å². The third-order valence-electron chi connectivity index (χ3n) is 2.99. The number of amides is 1. The van der Waals surface area contributed by atoms with Gasteiger partial charge in [0, 0.05) is 21.3 Å². The van der Waals surface area contributed by atoms with Crippen LogP contribution in [-0.2, 0) is 0 Å². The Kier molecular flexibility index (Phi) is 4.13. The maximum Gasteiger partial charge on any atom is 0.255 e. The SMILES string of the molecule is Cc1c(Cl)cc(Cl)c(C)c1NC(=O)c1ccccc1. The Bertz CT molecular complexity index is 598. The lowest BCUT2D eigenvalue weighted by Crippen LogP contribution is -2.14. The lowest BCUT2D eigenvalue weighted by Gasteiger charge is -2.14. The van der Waals surface area contributed by atoms with Gasteiger partial charge in [-0.15, -0.1) is 0 Å². The second-order valence-electron chi connectivity index (χ2n) is 4.29. The fraction of sp³-hybridized carbons (Fsp3) is 0.133. The highest BCUT2D eigenvalue weighted by atomic mass is 35.5. The van der Waals surface area contributed by atoms with Crippen LogP contribution in [0.25, 0.3) is 0 Å². The minimum absolute atomic E-state index is 0.176. The Labute approximate surface area is 122 Å². The van der Waals surface area contributed by atoms with Crippen LogP contribution in [0.3, 0.4) is 0 Å². The molecular formula is C15H13Cl2NO. The van der Waals surface area contributed by atoms with Crippen molar-refractivity contribution in [2.75, 3.05) is 5.32 Å². The highest BCUT2D eigenvalue weighted by Gasteiger charge is 2.14. The van der Waals surface area contributed by atoms with E-state index in [0.717, 1.165) is 11.1 Å². The maximum absolute atomic E-state index is 12.1. The summed E-state index contributed by atoms with van der Waals surface area (Å²) >= 11 is 12.2. The van der Waals surface area contributed by atoms with E-state index in [0.29, 0.717) is 21.3 Å². The Morgan fingerprint density at radius 2 is 1.53 bits per heavy atom. The molecule has 2 aromatic carbocycles. The summed E-state index contributed by atoms with van der Waals surface area (Å²) in [5, 5.41) is 3.95. The highest BCUT2D eigenvalue weighted by molar-refractivity contribution is 6.36. The van der Waals surface area contributed by atoms with Gasteiger partial charge in [0.05, 0.1) is 0 Å². The summed E-state index contributed by atoms with van der Waals surface area (Å²) in [6.07, 6.45) is 0. The first kappa shape index (κ1) is 13.9. The van der Waals surface area contributed by atoms with Gasteiger partial charge in [0.2, 0.25) is 0 Å². The second-order valence-corrected chi connectivity index (χ2v) is 5.10. The Balaban J connectivity index is 2.37. The molecule has 98 valence electrons. The van der Waals surface area contributed by atoms with Crippen molar-refractivity contribution in [2.45, 2.75) is 13.8 Å². The van der Waals surface area contributed by atoms with Crippen LogP contribution in [0.5, 0.6) is 0 Å². The minimum Gasteiger partial charge on any atom is -0.321 e. The van der Waals surface area contributed by atoms with Crippen molar-refractivity contribution in [3.63, 3.8) is 0 Å². The topological polar surface area (TPSA) is 29.1 Å². The Hall–Kier alpha value is -1.51. The fourth-order valence-electron chi connectivity index (χ4n) is 1.81. The summed E-state index contributed by atoms with van der Waals surface area (Å²) in [5.74, 6) is -0.176. The van der Waals surface area contributed by atoms with Gasteiger partial charge in [0.15, 0.2) is 0 Å². The van der Waals surface area contributed by atoms with E-state index < -0.39 is 0 Å². The Morgan fingerprint density at radius 1 is 1.00 bits per heavy atom. The molecular weight excluding hydrogens is 281 g/mol. The Morgan fingerprint density at radius 3 is 2.05 bits per heavy atom. The summed E-state index contributed by atoms with van der Waals surface area (Å²) in [4.78, 5) is 12.1. The first-order valence-corrected chi connectivity index (χ1v) is 6.58. The zero-order valence-electron chi connectivity index (χ0n) is 10.6. The van der Waals surface area contributed by atoms with Crippen LogP contribution < -0.4 is 5.32 Å². The molecule has 2 nitrogen and oxygen atoms in total. The number of benzene rings is 2. The van der Waals surface area contributed by atoms with Crippen molar-refractivity contribution < 1.29 is 4.79 Å². The van der Waals surface area contributed by atoms with Crippen LogP contribution in [0, 0.1) is 13.8 Å². The largest absolute Gasteiger partial charge is 0.321 e. The molecule has 0 bridgehead atoms. The van der Waals surface area contributed by atoms with Crippen LogP contribution in [0.15, 0.2) is 36.4 Å². The summed E-state index contributed by atoms with van der Waals surface area (Å²) in [6, 6.07) is 10.7. The quantitative estimate of drug-likeness (QED) is 0.841. The standard InChI is InChI=1S/C15H13Cl2NO/c1-9-12(16)8-13(17)10(2)14(9)18-15(19)11-6-4-3-5-7-11/h3-8H,1-2H3,(H,18,19). The maximum atomic E-state index is 12.1. The zero-order chi connectivity index (χ0) is 14.0. The summed E-state index contributed by atoms with van der Waals surface area (Å²) in [6.45, 7) is 3.71. The first-order chi connectivity index (χ1) is 9.00. The molecule has 0 saturated heterocycles. The zero-order valence-corrected chi connectivity index (χ0v) is 12.1. The highest BCUT2D eigenvalue weighted by Crippen LogP contribution is 2.33. The van der Waals surface area contributed by atoms with Crippen molar-refractivity contribution in [3.8, 4) is 0 Å². The van der Waals surface area contributed by atoms with E-state index in [1.807, 2.05) is 32.0 Å². The summed E-state index contributed by atoms with van der Waals surface area (Å²) in [5.41, 5.74) is 2.89. The molecule has 0 fully saturated rings. The lowest BCUT2D eigenvalue weighted by molar-refractivity contribution is 0.102. The summed E-state index contributed by atoms with van der Waals surface area (Å²) in [7, 11) is 0. The monoisotopic (exact) mass is 293 g/mol. The van der Waals surface area contributed by atoms with Crippen molar-refractivity contribution in [1.82, 2.24) is 0 Å². The van der Waals surface area contributed by atoms with Crippen molar-refractivity contribution >= 4 is 34.8 Å². The molecule has 0 aromatic heterocycles. The van der Waals surface area contributed by atoms with Crippen LogP contribution in [0.1, 0.15) is 21.5 Å². The molecule has 0 heterocycles. The van der Waals surface area contributed by atoms with Crippen LogP contribution >= 0.6 is 23.2 Å². The van der Waals surface area contributed by atoms with Gasteiger partial charge in [0.25, 0.3) is 5.91 Å². The predicted molar refractivity (Wildman–Crippen MR) is 80.3 cm³/mol. The molecule has 0 spiro atoms. The number of rotatable bonds is 2. The predicted octanol–water partition coefficient (Wildman–Crippen LogP) is 4.86. The number of halogens is 2. The number of carbonyl (C=O) groups is 1. The fourth-order valence-corrected chi connectivity index (χ4v) is 2.27. The molecule has 0 atom stereocenters. The van der Waals surface area contributed by atoms with Gasteiger partial charge in [-0.1, -0.05) is 41.4 Å². The molecule has 0 aliphatic rings. The third kappa shape index (κ3) is 2.91. The average molecular weight is 294 g/mol. The number of anilines is 1. The molecule has 0 unspecified atom stereocenters. The molecule has 4 heteroatoms. The molecule has 2 aromatic rings. The minimum atomic E-state index is -0.176. The normalized spacial score (nSPS) is 10.3. The van der Waals surface area contributed by atoms with E-state index in [4.69, 9.17) is 23.2 Å². The van der Waals surface area contributed by atoms with Crippen LogP contribution in [0.4, 0.5) is 5.69 Å². The molecule has 1 N–H and O–H groups in total. The smallest absolute Gasteiger partial charge is 0.255 e. The van der Waals surface area contributed by atoms with E-state index in [1.165, 1.54) is 0 Å². The number of hydrogen-bond donors (Lipinski definition) is 1. The van der Waals surface area contributed by atoms with Gasteiger partial charge >= 0.3 is 0 Å². The molecule has 2 rings (SSSR count). The van der Waals surface area contributed by atoms with Gasteiger partial charge < -0.3 is 5.32 Å². The molecule has 0 radical (unpaired) electrons. The van der Waals surface area contributed by atoms with Gasteiger partial charge in [-0.05, 0) is 43.2 Å². The van der Waals surface area contributed by atoms with E-state index >= 15 is 0 Å². The molecule has 1 amide bonds. The van der Waals surface area contributed by atoms with Crippen LogP contribution in [-0.4, -0.2) is 5.91 Å². The molecule has 19 heavy (non-hydrogen) atoms. The van der Waals surface area contributed by atoms with Gasteiger partial charge in [-0.2, -0.15) is 0 Å². The number of carbonyl (C=O) groups excluding carboxylic acids is 1. The van der Waals surface area contributed by atoms with E-state index in [1.54, 1.807) is 18.2 Å². The van der Waals surface area contributed by atoms with Gasteiger partial charge in [-0.25, -0.2) is 0 Å². The first-order valence-electron chi connectivity index (χ1n) is 5.82. The van der Waals surface area contributed by atoms with E-state index in [-0.39, 0.29) is 5.91 Å². The average Bonchev–Trinajstić information content (AvgIpc) is 2.42. The number of hydrogen-bond acceptors (Lipinski definition) is 1. The lowest BCUT2D eigenvalue weighted by atomic mass is 10.1. The second kappa shape index (κ2) is 5.64. The summed E-state index contributed by atoms with van der Waals surface area (Å²) < 4.78 is 0. The molecule has 0 aliphatic carbocycles. The van der Waals surface area contributed by atoms with Crippen molar-refractivity contribution in [2.24, 2.45) is 0 Å².